The fourth-order valence-corrected chi connectivity index (χ4v) is 2.92. The number of hydrogen-bond acceptors (Lipinski definition) is 6. The minimum absolute atomic E-state index is 0.00154. The van der Waals surface area contributed by atoms with Gasteiger partial charge >= 0.3 is 0 Å². The molecule has 0 spiro atoms. The molecule has 0 aliphatic carbocycles. The molecule has 0 saturated carbocycles. The van der Waals surface area contributed by atoms with Crippen LogP contribution in [-0.4, -0.2) is 47.4 Å². The van der Waals surface area contributed by atoms with Gasteiger partial charge in [0.2, 0.25) is 5.89 Å². The summed E-state index contributed by atoms with van der Waals surface area (Å²) in [6.45, 7) is 10.5. The maximum Gasteiger partial charge on any atom is 0.240 e. The minimum Gasteiger partial charge on any atom is -0.377 e. The van der Waals surface area contributed by atoms with Crippen LogP contribution in [-0.2, 0) is 22.6 Å². The zero-order valence-corrected chi connectivity index (χ0v) is 13.6. The van der Waals surface area contributed by atoms with Crippen LogP contribution in [0.2, 0.25) is 0 Å². The van der Waals surface area contributed by atoms with E-state index in [1.165, 1.54) is 0 Å². The molecule has 120 valence electrons. The van der Waals surface area contributed by atoms with Gasteiger partial charge in [0.25, 0.3) is 0 Å². The molecular weight excluding hydrogens is 270 g/mol. The van der Waals surface area contributed by atoms with Gasteiger partial charge in [-0.2, -0.15) is 4.98 Å². The monoisotopic (exact) mass is 297 g/mol. The molecule has 2 heterocycles. The van der Waals surface area contributed by atoms with Crippen LogP contribution in [0.1, 0.15) is 45.3 Å². The van der Waals surface area contributed by atoms with E-state index < -0.39 is 0 Å². The van der Waals surface area contributed by atoms with E-state index in [0.29, 0.717) is 30.8 Å². The molecule has 2 rings (SSSR count). The average molecular weight is 297 g/mol. The van der Waals surface area contributed by atoms with Crippen molar-refractivity contribution < 1.29 is 14.0 Å². The van der Waals surface area contributed by atoms with Crippen LogP contribution >= 0.6 is 0 Å². The van der Waals surface area contributed by atoms with Crippen LogP contribution in [0.25, 0.3) is 0 Å². The summed E-state index contributed by atoms with van der Waals surface area (Å²) in [7, 11) is 1.63. The summed E-state index contributed by atoms with van der Waals surface area (Å²) in [4.78, 5) is 6.70. The molecule has 0 aromatic carbocycles. The molecule has 1 saturated heterocycles. The molecule has 6 heteroatoms. The number of rotatable bonds is 7. The molecule has 6 nitrogen and oxygen atoms in total. The van der Waals surface area contributed by atoms with Crippen molar-refractivity contribution in [3.05, 3.63) is 11.7 Å². The van der Waals surface area contributed by atoms with Gasteiger partial charge in [-0.15, -0.1) is 0 Å². The van der Waals surface area contributed by atoms with E-state index in [9.17, 15) is 0 Å². The maximum atomic E-state index is 5.79. The molecule has 0 N–H and O–H groups in total. The Morgan fingerprint density at radius 1 is 1.43 bits per heavy atom. The number of ether oxygens (including phenoxy) is 2. The molecule has 1 aromatic heterocycles. The van der Waals surface area contributed by atoms with Crippen molar-refractivity contribution >= 4 is 0 Å². The Bertz CT molecular complexity index is 434. The first-order valence-electron chi connectivity index (χ1n) is 7.69. The summed E-state index contributed by atoms with van der Waals surface area (Å²) in [6, 6.07) is 0. The van der Waals surface area contributed by atoms with Gasteiger partial charge in [-0.1, -0.05) is 12.1 Å². The van der Waals surface area contributed by atoms with Crippen LogP contribution in [0, 0.1) is 5.92 Å². The van der Waals surface area contributed by atoms with Crippen LogP contribution < -0.4 is 0 Å². The third-order valence-electron chi connectivity index (χ3n) is 3.91. The first kappa shape index (κ1) is 16.4. The van der Waals surface area contributed by atoms with Crippen molar-refractivity contribution in [3.63, 3.8) is 0 Å². The molecule has 0 bridgehead atoms. The highest BCUT2D eigenvalue weighted by Gasteiger charge is 2.29. The molecule has 21 heavy (non-hydrogen) atoms. The van der Waals surface area contributed by atoms with Crippen LogP contribution in [0.3, 0.4) is 0 Å². The number of hydrogen-bond donors (Lipinski definition) is 0. The first-order valence-corrected chi connectivity index (χ1v) is 7.69. The number of nitrogens with zero attached hydrogens (tertiary/aromatic N) is 3. The Kier molecular flexibility index (Phi) is 5.72. The summed E-state index contributed by atoms with van der Waals surface area (Å²) in [6.07, 6.45) is 2.22. The van der Waals surface area contributed by atoms with Gasteiger partial charge in [-0.25, -0.2) is 0 Å². The smallest absolute Gasteiger partial charge is 0.240 e. The molecular formula is C15H27N3O3. The van der Waals surface area contributed by atoms with Gasteiger partial charge in [0.15, 0.2) is 5.82 Å². The topological polar surface area (TPSA) is 60.6 Å². The summed E-state index contributed by atoms with van der Waals surface area (Å²) in [5.41, 5.74) is -0.00154. The predicted molar refractivity (Wildman–Crippen MR) is 78.7 cm³/mol. The third kappa shape index (κ3) is 5.05. The van der Waals surface area contributed by atoms with Crippen LogP contribution in [0.4, 0.5) is 0 Å². The second kappa shape index (κ2) is 7.33. The Morgan fingerprint density at radius 3 is 2.90 bits per heavy atom. The second-order valence-corrected chi connectivity index (χ2v) is 6.33. The van der Waals surface area contributed by atoms with Gasteiger partial charge < -0.3 is 14.0 Å². The molecule has 0 amide bonds. The SMILES string of the molecule is CCN(Cc1nc(COC)no1)C[C@H]1CCOC(C)(C)C1. The van der Waals surface area contributed by atoms with Gasteiger partial charge in [0.05, 0.1) is 12.1 Å². The van der Waals surface area contributed by atoms with Gasteiger partial charge in [-0.3, -0.25) is 4.90 Å². The van der Waals surface area contributed by atoms with Crippen LogP contribution in [0.15, 0.2) is 4.52 Å². The highest BCUT2D eigenvalue weighted by Crippen LogP contribution is 2.29. The van der Waals surface area contributed by atoms with Crippen molar-refractivity contribution in [3.8, 4) is 0 Å². The third-order valence-corrected chi connectivity index (χ3v) is 3.91. The zero-order chi connectivity index (χ0) is 15.3. The normalized spacial score (nSPS) is 21.9. The Labute approximate surface area is 126 Å². The highest BCUT2D eigenvalue weighted by molar-refractivity contribution is 4.86. The molecule has 0 unspecified atom stereocenters. The van der Waals surface area contributed by atoms with Crippen molar-refractivity contribution in [1.82, 2.24) is 15.0 Å². The lowest BCUT2D eigenvalue weighted by Crippen LogP contribution is -2.39. The second-order valence-electron chi connectivity index (χ2n) is 6.33. The predicted octanol–water partition coefficient (Wildman–Crippen LogP) is 2.24. The van der Waals surface area contributed by atoms with Crippen molar-refractivity contribution in [2.24, 2.45) is 5.92 Å². The molecule has 1 aliphatic rings. The fraction of sp³-hybridized carbons (Fsp3) is 0.867. The molecule has 1 atom stereocenters. The van der Waals surface area contributed by atoms with Crippen molar-refractivity contribution in [2.75, 3.05) is 26.8 Å². The van der Waals surface area contributed by atoms with Crippen molar-refractivity contribution in [1.29, 1.82) is 0 Å². The maximum absolute atomic E-state index is 5.79. The lowest BCUT2D eigenvalue weighted by Gasteiger charge is -2.37. The molecule has 0 radical (unpaired) electrons. The fourth-order valence-electron chi connectivity index (χ4n) is 2.92. The van der Waals surface area contributed by atoms with E-state index in [-0.39, 0.29) is 5.60 Å². The van der Waals surface area contributed by atoms with Gasteiger partial charge in [0, 0.05) is 20.3 Å². The lowest BCUT2D eigenvalue weighted by atomic mass is 9.88. The first-order chi connectivity index (χ1) is 10.0. The lowest BCUT2D eigenvalue weighted by molar-refractivity contribution is -0.0771. The highest BCUT2D eigenvalue weighted by atomic mass is 16.5. The number of aromatic nitrogens is 2. The number of methoxy groups -OCH3 is 1. The largest absolute Gasteiger partial charge is 0.377 e. The summed E-state index contributed by atoms with van der Waals surface area (Å²) in [5.74, 6) is 1.93. The summed E-state index contributed by atoms with van der Waals surface area (Å²) < 4.78 is 16.1. The molecule has 1 aromatic rings. The van der Waals surface area contributed by atoms with E-state index in [4.69, 9.17) is 14.0 Å². The van der Waals surface area contributed by atoms with E-state index in [1.54, 1.807) is 7.11 Å². The Morgan fingerprint density at radius 2 is 2.24 bits per heavy atom. The van der Waals surface area contributed by atoms with Crippen molar-refractivity contribution in [2.45, 2.75) is 52.4 Å². The van der Waals surface area contributed by atoms with Gasteiger partial charge in [-0.05, 0) is 39.2 Å². The summed E-state index contributed by atoms with van der Waals surface area (Å²) in [5, 5.41) is 3.91. The molecule has 1 fully saturated rings. The van der Waals surface area contributed by atoms with E-state index in [2.05, 4.69) is 35.8 Å². The molecule has 1 aliphatic heterocycles. The minimum atomic E-state index is -0.00154. The van der Waals surface area contributed by atoms with E-state index in [1.807, 2.05) is 0 Å². The van der Waals surface area contributed by atoms with Crippen LogP contribution in [0.5, 0.6) is 0 Å². The Hall–Kier alpha value is -0.980. The standard InChI is InChI=1S/C15H27N3O3/c1-5-18(9-12-6-7-20-15(2,3)8-12)10-14-16-13(11-19-4)17-21-14/h12H,5-11H2,1-4H3/t12-/m0/s1. The van der Waals surface area contributed by atoms with Gasteiger partial charge in [0.1, 0.15) is 6.61 Å². The van der Waals surface area contributed by atoms with E-state index >= 15 is 0 Å². The Balaban J connectivity index is 1.87. The van der Waals surface area contributed by atoms with E-state index in [0.717, 1.165) is 32.5 Å². The zero-order valence-electron chi connectivity index (χ0n) is 13.6. The quantitative estimate of drug-likeness (QED) is 0.769. The average Bonchev–Trinajstić information content (AvgIpc) is 2.85. The summed E-state index contributed by atoms with van der Waals surface area (Å²) >= 11 is 0.